The van der Waals surface area contributed by atoms with Crippen LogP contribution in [0.1, 0.15) is 16.8 Å². The highest BCUT2D eigenvalue weighted by Crippen LogP contribution is 2.36. The number of ether oxygens (including phenoxy) is 1. The SMILES string of the molecule is COc1ccc(Cc2ccnc(C#N)c2)c(F)c1-c1cccc(Cl)c1. The summed E-state index contributed by atoms with van der Waals surface area (Å²) < 4.78 is 20.5. The molecule has 5 heteroatoms. The fourth-order valence-electron chi connectivity index (χ4n) is 2.69. The van der Waals surface area contributed by atoms with Crippen LogP contribution in [-0.4, -0.2) is 12.1 Å². The predicted octanol–water partition coefficient (Wildman–Crippen LogP) is 5.01. The number of benzene rings is 2. The lowest BCUT2D eigenvalue weighted by molar-refractivity contribution is 0.413. The van der Waals surface area contributed by atoms with Gasteiger partial charge in [0.05, 0.1) is 12.7 Å². The second-order valence-electron chi connectivity index (χ2n) is 5.46. The number of halogens is 2. The van der Waals surface area contributed by atoms with Gasteiger partial charge in [-0.25, -0.2) is 9.37 Å². The molecule has 25 heavy (non-hydrogen) atoms. The Labute approximate surface area is 150 Å². The van der Waals surface area contributed by atoms with Crippen molar-refractivity contribution in [3.8, 4) is 22.9 Å². The van der Waals surface area contributed by atoms with Crippen LogP contribution in [0.25, 0.3) is 11.1 Å². The Kier molecular flexibility index (Phi) is 4.97. The smallest absolute Gasteiger partial charge is 0.140 e. The summed E-state index contributed by atoms with van der Waals surface area (Å²) in [6.07, 6.45) is 1.90. The second kappa shape index (κ2) is 7.33. The maximum atomic E-state index is 15.2. The molecule has 0 saturated carbocycles. The van der Waals surface area contributed by atoms with E-state index in [0.29, 0.717) is 39.6 Å². The molecule has 3 aromatic rings. The van der Waals surface area contributed by atoms with Gasteiger partial charge in [0.2, 0.25) is 0 Å². The van der Waals surface area contributed by atoms with Crippen LogP contribution >= 0.6 is 11.6 Å². The first-order chi connectivity index (χ1) is 12.1. The molecular weight excluding hydrogens is 339 g/mol. The molecule has 0 fully saturated rings. The fraction of sp³-hybridized carbons (Fsp3) is 0.100. The third kappa shape index (κ3) is 3.62. The summed E-state index contributed by atoms with van der Waals surface area (Å²) in [5.74, 6) is 0.0768. The molecule has 0 bridgehead atoms. The van der Waals surface area contributed by atoms with Crippen LogP contribution in [-0.2, 0) is 6.42 Å². The number of hydrogen-bond donors (Lipinski definition) is 0. The van der Waals surface area contributed by atoms with Crippen molar-refractivity contribution in [1.29, 1.82) is 5.26 Å². The fourth-order valence-corrected chi connectivity index (χ4v) is 2.88. The minimum absolute atomic E-state index is 0.307. The van der Waals surface area contributed by atoms with Crippen LogP contribution in [0, 0.1) is 17.1 Å². The second-order valence-corrected chi connectivity index (χ2v) is 5.90. The minimum atomic E-state index is -0.364. The molecule has 2 aromatic carbocycles. The van der Waals surface area contributed by atoms with Crippen molar-refractivity contribution in [2.75, 3.05) is 7.11 Å². The zero-order chi connectivity index (χ0) is 17.8. The zero-order valence-corrected chi connectivity index (χ0v) is 14.2. The molecule has 0 amide bonds. The van der Waals surface area contributed by atoms with Gasteiger partial charge < -0.3 is 4.74 Å². The molecule has 124 valence electrons. The van der Waals surface area contributed by atoms with Crippen molar-refractivity contribution in [3.05, 3.63) is 82.4 Å². The van der Waals surface area contributed by atoms with E-state index in [4.69, 9.17) is 21.6 Å². The van der Waals surface area contributed by atoms with Gasteiger partial charge in [-0.15, -0.1) is 0 Å². The molecule has 0 unspecified atom stereocenters. The minimum Gasteiger partial charge on any atom is -0.496 e. The van der Waals surface area contributed by atoms with E-state index in [2.05, 4.69) is 4.98 Å². The summed E-state index contributed by atoms with van der Waals surface area (Å²) in [4.78, 5) is 3.93. The van der Waals surface area contributed by atoms with Crippen molar-refractivity contribution in [2.24, 2.45) is 0 Å². The van der Waals surface area contributed by atoms with E-state index >= 15 is 4.39 Å². The van der Waals surface area contributed by atoms with E-state index in [-0.39, 0.29) is 5.82 Å². The summed E-state index contributed by atoms with van der Waals surface area (Å²) in [5, 5.41) is 9.48. The van der Waals surface area contributed by atoms with E-state index in [9.17, 15) is 0 Å². The zero-order valence-electron chi connectivity index (χ0n) is 13.5. The number of nitrogens with zero attached hydrogens (tertiary/aromatic N) is 2. The van der Waals surface area contributed by atoms with Gasteiger partial charge in [0.15, 0.2) is 0 Å². The lowest BCUT2D eigenvalue weighted by Crippen LogP contribution is -1.99. The van der Waals surface area contributed by atoms with Crippen molar-refractivity contribution in [1.82, 2.24) is 4.98 Å². The molecule has 1 aromatic heterocycles. The first-order valence-electron chi connectivity index (χ1n) is 7.58. The molecule has 1 heterocycles. The Bertz CT molecular complexity index is 966. The summed E-state index contributed by atoms with van der Waals surface area (Å²) in [6.45, 7) is 0. The molecule has 3 rings (SSSR count). The maximum Gasteiger partial charge on any atom is 0.140 e. The van der Waals surface area contributed by atoms with Gasteiger partial charge in [0, 0.05) is 17.6 Å². The van der Waals surface area contributed by atoms with Gasteiger partial charge in [0.1, 0.15) is 23.3 Å². The van der Waals surface area contributed by atoms with Gasteiger partial charge >= 0.3 is 0 Å². The van der Waals surface area contributed by atoms with Gasteiger partial charge in [0.25, 0.3) is 0 Å². The Balaban J connectivity index is 2.07. The van der Waals surface area contributed by atoms with Gasteiger partial charge in [-0.05, 0) is 47.0 Å². The summed E-state index contributed by atoms with van der Waals surface area (Å²) >= 11 is 6.04. The van der Waals surface area contributed by atoms with Crippen LogP contribution in [0.3, 0.4) is 0 Å². The number of rotatable bonds is 4. The number of methoxy groups -OCH3 is 1. The number of nitriles is 1. The lowest BCUT2D eigenvalue weighted by atomic mass is 9.97. The van der Waals surface area contributed by atoms with E-state index in [1.54, 1.807) is 54.7 Å². The molecule has 0 saturated heterocycles. The van der Waals surface area contributed by atoms with Crippen molar-refractivity contribution < 1.29 is 9.13 Å². The molecule has 0 aliphatic heterocycles. The highest BCUT2D eigenvalue weighted by atomic mass is 35.5. The third-order valence-electron chi connectivity index (χ3n) is 3.85. The number of aromatic nitrogens is 1. The van der Waals surface area contributed by atoms with Crippen LogP contribution < -0.4 is 4.74 Å². The highest BCUT2D eigenvalue weighted by molar-refractivity contribution is 6.30. The Morgan fingerprint density at radius 3 is 2.76 bits per heavy atom. The molecule has 0 aliphatic rings. The van der Waals surface area contributed by atoms with Crippen LogP contribution in [0.2, 0.25) is 5.02 Å². The van der Waals surface area contributed by atoms with E-state index < -0.39 is 0 Å². The van der Waals surface area contributed by atoms with E-state index in [0.717, 1.165) is 5.56 Å². The standard InChI is InChI=1S/C20H14ClFN2O/c1-25-18-6-5-15(9-13-7-8-24-17(10-13)12-23)20(22)19(18)14-3-2-4-16(21)11-14/h2-8,10-11H,9H2,1H3. The van der Waals surface area contributed by atoms with Crippen LogP contribution in [0.15, 0.2) is 54.7 Å². The van der Waals surface area contributed by atoms with Crippen LogP contribution in [0.5, 0.6) is 5.75 Å². The first-order valence-corrected chi connectivity index (χ1v) is 7.96. The molecule has 0 N–H and O–H groups in total. The Morgan fingerprint density at radius 1 is 1.20 bits per heavy atom. The molecular formula is C20H14ClFN2O. The molecule has 0 aliphatic carbocycles. The monoisotopic (exact) mass is 352 g/mol. The number of pyridine rings is 1. The van der Waals surface area contributed by atoms with Crippen molar-refractivity contribution >= 4 is 11.6 Å². The summed E-state index contributed by atoms with van der Waals surface area (Å²) in [7, 11) is 1.50. The molecule has 0 atom stereocenters. The maximum absolute atomic E-state index is 15.2. The largest absolute Gasteiger partial charge is 0.496 e. The van der Waals surface area contributed by atoms with Crippen LogP contribution in [0.4, 0.5) is 4.39 Å². The van der Waals surface area contributed by atoms with Gasteiger partial charge in [-0.1, -0.05) is 29.8 Å². The molecule has 0 spiro atoms. The topological polar surface area (TPSA) is 45.9 Å². The predicted molar refractivity (Wildman–Crippen MR) is 95.2 cm³/mol. The van der Waals surface area contributed by atoms with E-state index in [1.807, 2.05) is 6.07 Å². The average molecular weight is 353 g/mol. The number of hydrogen-bond acceptors (Lipinski definition) is 3. The summed E-state index contributed by atoms with van der Waals surface area (Å²) in [6, 6.07) is 15.8. The van der Waals surface area contributed by atoms with Gasteiger partial charge in [-0.3, -0.25) is 0 Å². The summed E-state index contributed by atoms with van der Waals surface area (Å²) in [5.41, 5.74) is 2.65. The Hall–Kier alpha value is -2.90. The van der Waals surface area contributed by atoms with Gasteiger partial charge in [-0.2, -0.15) is 5.26 Å². The quantitative estimate of drug-likeness (QED) is 0.662. The Morgan fingerprint density at radius 2 is 2.04 bits per heavy atom. The first kappa shape index (κ1) is 16.9. The highest BCUT2D eigenvalue weighted by Gasteiger charge is 2.17. The third-order valence-corrected chi connectivity index (χ3v) is 4.09. The van der Waals surface area contributed by atoms with Crippen molar-refractivity contribution in [2.45, 2.75) is 6.42 Å². The molecule has 3 nitrogen and oxygen atoms in total. The average Bonchev–Trinajstić information content (AvgIpc) is 2.63. The van der Waals surface area contributed by atoms with Crippen molar-refractivity contribution in [3.63, 3.8) is 0 Å². The normalized spacial score (nSPS) is 10.3. The van der Waals surface area contributed by atoms with E-state index in [1.165, 1.54) is 7.11 Å². The molecule has 0 radical (unpaired) electrons. The lowest BCUT2D eigenvalue weighted by Gasteiger charge is -2.14.